The van der Waals surface area contributed by atoms with Crippen molar-refractivity contribution in [3.05, 3.63) is 36.1 Å². The number of aldehydes is 1. The molecule has 6 nitrogen and oxygen atoms in total. The van der Waals surface area contributed by atoms with Gasteiger partial charge in [0.2, 0.25) is 6.29 Å². The van der Waals surface area contributed by atoms with Gasteiger partial charge in [0.15, 0.2) is 0 Å². The molecular formula is C15H16BNO5. The van der Waals surface area contributed by atoms with Gasteiger partial charge in [-0.05, 0) is 25.0 Å². The molecule has 7 heteroatoms. The Morgan fingerprint density at radius 1 is 1.50 bits per heavy atom. The smallest absolute Gasteiger partial charge is 0.464 e. The number of carbonyl (C=O) groups excluding carboxylic acids is 2. The lowest BCUT2D eigenvalue weighted by Gasteiger charge is -2.18. The van der Waals surface area contributed by atoms with Crippen molar-refractivity contribution in [2.24, 2.45) is 0 Å². The number of hydrogen-bond acceptors (Lipinski definition) is 5. The Kier molecular flexibility index (Phi) is 4.26. The van der Waals surface area contributed by atoms with Crippen molar-refractivity contribution >= 4 is 30.3 Å². The fraction of sp³-hybridized carbons (Fsp3) is 0.333. The van der Waals surface area contributed by atoms with Crippen LogP contribution in [0.25, 0.3) is 11.0 Å². The standard InChI is InChI=1S/C15H16BNO5/c1-10-8-21-16(22-10)14(17-15(19)7-18)6-11-9-20-13-5-3-2-4-12(11)13/h2-5,7,9-10,14H,6,8H2,1H3,(H,17,19). The normalized spacial score (nSPS) is 19.3. The number of hydrogen-bond donors (Lipinski definition) is 1. The molecule has 2 aromatic rings. The van der Waals surface area contributed by atoms with Crippen LogP contribution in [0, 0.1) is 0 Å². The van der Waals surface area contributed by atoms with Gasteiger partial charge in [0, 0.05) is 5.39 Å². The first kappa shape index (κ1) is 14.8. The van der Waals surface area contributed by atoms with Crippen LogP contribution in [-0.4, -0.2) is 38.0 Å². The summed E-state index contributed by atoms with van der Waals surface area (Å²) in [7, 11) is -0.576. The number of amides is 1. The van der Waals surface area contributed by atoms with Gasteiger partial charge >= 0.3 is 7.12 Å². The van der Waals surface area contributed by atoms with Crippen LogP contribution in [0.5, 0.6) is 0 Å². The molecule has 1 N–H and O–H groups in total. The Balaban J connectivity index is 1.82. The van der Waals surface area contributed by atoms with Crippen LogP contribution in [-0.2, 0) is 25.3 Å². The number of carbonyl (C=O) groups is 2. The molecule has 2 unspecified atom stereocenters. The molecule has 22 heavy (non-hydrogen) atoms. The summed E-state index contributed by atoms with van der Waals surface area (Å²) in [5.41, 5.74) is 1.71. The third-order valence-electron chi connectivity index (χ3n) is 3.63. The minimum absolute atomic E-state index is 0.0401. The van der Waals surface area contributed by atoms with Gasteiger partial charge in [0.25, 0.3) is 5.91 Å². The van der Waals surface area contributed by atoms with E-state index in [9.17, 15) is 9.59 Å². The topological polar surface area (TPSA) is 77.8 Å². The van der Waals surface area contributed by atoms with E-state index in [-0.39, 0.29) is 12.4 Å². The molecule has 1 aromatic heterocycles. The molecular weight excluding hydrogens is 285 g/mol. The lowest BCUT2D eigenvalue weighted by atomic mass is 9.75. The molecule has 3 rings (SSSR count). The summed E-state index contributed by atoms with van der Waals surface area (Å²) in [6.45, 7) is 2.36. The van der Waals surface area contributed by atoms with E-state index in [0.717, 1.165) is 16.5 Å². The highest BCUT2D eigenvalue weighted by molar-refractivity contribution is 6.48. The molecule has 1 aliphatic rings. The Hall–Kier alpha value is -2.12. The van der Waals surface area contributed by atoms with E-state index in [1.54, 1.807) is 6.26 Å². The summed E-state index contributed by atoms with van der Waals surface area (Å²) in [5, 5.41) is 3.60. The average molecular weight is 301 g/mol. The Morgan fingerprint density at radius 2 is 2.32 bits per heavy atom. The van der Waals surface area contributed by atoms with Crippen LogP contribution in [0.1, 0.15) is 12.5 Å². The summed E-state index contributed by atoms with van der Waals surface area (Å²) in [6, 6.07) is 7.64. The van der Waals surface area contributed by atoms with Gasteiger partial charge in [-0.15, -0.1) is 0 Å². The van der Waals surface area contributed by atoms with Crippen molar-refractivity contribution in [2.45, 2.75) is 25.4 Å². The first-order valence-electron chi connectivity index (χ1n) is 7.15. The minimum Gasteiger partial charge on any atom is -0.464 e. The zero-order chi connectivity index (χ0) is 15.5. The van der Waals surface area contributed by atoms with Crippen LogP contribution in [0.3, 0.4) is 0 Å². The second-order valence-corrected chi connectivity index (χ2v) is 5.34. The van der Waals surface area contributed by atoms with Crippen LogP contribution in [0.2, 0.25) is 0 Å². The van der Waals surface area contributed by atoms with Gasteiger partial charge in [-0.3, -0.25) is 9.59 Å². The first-order chi connectivity index (χ1) is 10.7. The lowest BCUT2D eigenvalue weighted by molar-refractivity contribution is -0.131. The number of benzene rings is 1. The van der Waals surface area contributed by atoms with E-state index in [1.165, 1.54) is 0 Å². The minimum atomic E-state index is -0.690. The SMILES string of the molecule is CC1COB(C(Cc2coc3ccccc23)NC(=O)C=O)O1. The molecule has 0 bridgehead atoms. The van der Waals surface area contributed by atoms with Crippen molar-refractivity contribution in [3.63, 3.8) is 0 Å². The van der Waals surface area contributed by atoms with Crippen molar-refractivity contribution in [2.75, 3.05) is 6.61 Å². The summed E-state index contributed by atoms with van der Waals surface area (Å²) >= 11 is 0. The van der Waals surface area contributed by atoms with Crippen molar-refractivity contribution in [3.8, 4) is 0 Å². The summed E-state index contributed by atoms with van der Waals surface area (Å²) < 4.78 is 16.7. The highest BCUT2D eigenvalue weighted by Crippen LogP contribution is 2.23. The van der Waals surface area contributed by atoms with Crippen LogP contribution < -0.4 is 5.32 Å². The first-order valence-corrected chi connectivity index (χ1v) is 7.15. The highest BCUT2D eigenvalue weighted by Gasteiger charge is 2.38. The van der Waals surface area contributed by atoms with Gasteiger partial charge in [0.1, 0.15) is 5.58 Å². The predicted octanol–water partition coefficient (Wildman–Crippen LogP) is 1.12. The molecule has 1 aliphatic heterocycles. The second-order valence-electron chi connectivity index (χ2n) is 5.34. The van der Waals surface area contributed by atoms with E-state index in [1.807, 2.05) is 31.2 Å². The number of rotatable bonds is 5. The zero-order valence-corrected chi connectivity index (χ0v) is 12.2. The maximum Gasteiger partial charge on any atom is 0.481 e. The Labute approximate surface area is 127 Å². The summed E-state index contributed by atoms with van der Waals surface area (Å²) in [5.74, 6) is -1.15. The largest absolute Gasteiger partial charge is 0.481 e. The number of para-hydroxylation sites is 1. The molecule has 1 fully saturated rings. The molecule has 0 saturated carbocycles. The average Bonchev–Trinajstić information content (AvgIpc) is 3.13. The number of nitrogens with one attached hydrogen (secondary N) is 1. The van der Waals surface area contributed by atoms with Crippen molar-refractivity contribution < 1.29 is 23.3 Å². The van der Waals surface area contributed by atoms with E-state index in [4.69, 9.17) is 13.7 Å². The van der Waals surface area contributed by atoms with Crippen LogP contribution in [0.4, 0.5) is 0 Å². The summed E-state index contributed by atoms with van der Waals surface area (Å²) in [6.07, 6.45) is 2.32. The Morgan fingerprint density at radius 3 is 3.05 bits per heavy atom. The van der Waals surface area contributed by atoms with Gasteiger partial charge in [-0.1, -0.05) is 18.2 Å². The zero-order valence-electron chi connectivity index (χ0n) is 12.2. The second kappa shape index (κ2) is 6.33. The third kappa shape index (κ3) is 3.05. The molecule has 2 atom stereocenters. The maximum atomic E-state index is 11.4. The molecule has 114 valence electrons. The fourth-order valence-corrected chi connectivity index (χ4v) is 2.61. The Bertz CT molecular complexity index is 685. The van der Waals surface area contributed by atoms with Gasteiger partial charge in [-0.2, -0.15) is 0 Å². The number of furan rings is 1. The van der Waals surface area contributed by atoms with Crippen molar-refractivity contribution in [1.29, 1.82) is 0 Å². The predicted molar refractivity (Wildman–Crippen MR) is 80.2 cm³/mol. The third-order valence-corrected chi connectivity index (χ3v) is 3.63. The quantitative estimate of drug-likeness (QED) is 0.509. The lowest BCUT2D eigenvalue weighted by Crippen LogP contribution is -2.49. The molecule has 0 aliphatic carbocycles. The van der Waals surface area contributed by atoms with Gasteiger partial charge in [-0.25, -0.2) is 0 Å². The van der Waals surface area contributed by atoms with Crippen molar-refractivity contribution in [1.82, 2.24) is 5.32 Å². The van der Waals surface area contributed by atoms with E-state index >= 15 is 0 Å². The molecule has 1 amide bonds. The highest BCUT2D eigenvalue weighted by atomic mass is 16.6. The maximum absolute atomic E-state index is 11.4. The molecule has 0 spiro atoms. The van der Waals surface area contributed by atoms with E-state index < -0.39 is 19.0 Å². The molecule has 0 radical (unpaired) electrons. The molecule has 2 heterocycles. The van der Waals surface area contributed by atoms with Crippen LogP contribution >= 0.6 is 0 Å². The number of fused-ring (bicyclic) bond motifs is 1. The van der Waals surface area contributed by atoms with E-state index in [0.29, 0.717) is 13.0 Å². The fourth-order valence-electron chi connectivity index (χ4n) is 2.61. The monoisotopic (exact) mass is 301 g/mol. The van der Waals surface area contributed by atoms with Crippen LogP contribution in [0.15, 0.2) is 34.9 Å². The van der Waals surface area contributed by atoms with Gasteiger partial charge < -0.3 is 19.0 Å². The molecule has 1 aromatic carbocycles. The summed E-state index contributed by atoms with van der Waals surface area (Å²) in [4.78, 5) is 22.1. The van der Waals surface area contributed by atoms with E-state index in [2.05, 4.69) is 5.32 Å². The molecule has 1 saturated heterocycles. The van der Waals surface area contributed by atoms with Gasteiger partial charge in [0.05, 0.1) is 24.9 Å².